The molecule has 2 unspecified atom stereocenters. The van der Waals surface area contributed by atoms with Crippen molar-refractivity contribution in [2.75, 3.05) is 0 Å². The molecular weight excluding hydrogens is 331 g/mol. The zero-order chi connectivity index (χ0) is 17.9. The molecule has 1 amide bonds. The molecule has 0 saturated heterocycles. The maximum atomic E-state index is 13.0. The van der Waals surface area contributed by atoms with Gasteiger partial charge in [-0.2, -0.15) is 5.10 Å². The van der Waals surface area contributed by atoms with Gasteiger partial charge in [0.1, 0.15) is 18.2 Å². The molecule has 2 aromatic carbocycles. The van der Waals surface area contributed by atoms with E-state index in [1.807, 2.05) is 6.07 Å². The number of hydrogen-bond donors (Lipinski definition) is 1. The van der Waals surface area contributed by atoms with Crippen LogP contribution in [0.15, 0.2) is 65.8 Å². The number of allylic oxidation sites excluding steroid dienone is 2. The van der Waals surface area contributed by atoms with Gasteiger partial charge in [0.2, 0.25) is 0 Å². The molecule has 2 aromatic rings. The van der Waals surface area contributed by atoms with Crippen LogP contribution in [0, 0.1) is 17.7 Å². The van der Waals surface area contributed by atoms with Gasteiger partial charge in [-0.05, 0) is 48.6 Å². The minimum Gasteiger partial charge on any atom is -0.488 e. The van der Waals surface area contributed by atoms with Crippen molar-refractivity contribution in [3.63, 3.8) is 0 Å². The monoisotopic (exact) mass is 350 g/mol. The number of rotatable bonds is 5. The predicted octanol–water partition coefficient (Wildman–Crippen LogP) is 4.09. The first-order chi connectivity index (χ1) is 12.7. The first kappa shape index (κ1) is 16.5. The van der Waals surface area contributed by atoms with Gasteiger partial charge in [-0.25, -0.2) is 9.82 Å². The number of nitrogens with zero attached hydrogens (tertiary/aromatic N) is 1. The van der Waals surface area contributed by atoms with E-state index in [0.717, 1.165) is 24.1 Å². The first-order valence-electron chi connectivity index (χ1n) is 8.70. The Kier molecular flexibility index (Phi) is 4.52. The van der Waals surface area contributed by atoms with Crippen LogP contribution < -0.4 is 10.2 Å². The Balaban J connectivity index is 1.41. The fourth-order valence-corrected chi connectivity index (χ4v) is 3.37. The number of hydrogen-bond acceptors (Lipinski definition) is 3. The molecule has 1 fully saturated rings. The maximum Gasteiger partial charge on any atom is 0.275 e. The zero-order valence-corrected chi connectivity index (χ0v) is 14.2. The van der Waals surface area contributed by atoms with E-state index >= 15 is 0 Å². The molecule has 2 atom stereocenters. The lowest BCUT2D eigenvalue weighted by atomic mass is 9.74. The number of para-hydroxylation sites is 1. The smallest absolute Gasteiger partial charge is 0.275 e. The fraction of sp³-hybridized carbons (Fsp3) is 0.238. The van der Waals surface area contributed by atoms with Crippen molar-refractivity contribution in [2.45, 2.75) is 19.4 Å². The summed E-state index contributed by atoms with van der Waals surface area (Å²) in [5.74, 6) is 0.950. The summed E-state index contributed by atoms with van der Waals surface area (Å²) in [7, 11) is 0. The number of ether oxygens (including phenoxy) is 1. The van der Waals surface area contributed by atoms with Crippen molar-refractivity contribution in [3.05, 3.63) is 77.6 Å². The molecule has 0 aliphatic heterocycles. The first-order valence-corrected chi connectivity index (χ1v) is 8.70. The Morgan fingerprint density at radius 1 is 1.19 bits per heavy atom. The van der Waals surface area contributed by atoms with Crippen LogP contribution in [0.4, 0.5) is 4.39 Å². The normalized spacial score (nSPS) is 22.0. The molecule has 1 saturated carbocycles. The molecule has 2 aliphatic carbocycles. The quantitative estimate of drug-likeness (QED) is 0.652. The molecule has 26 heavy (non-hydrogen) atoms. The molecule has 0 bridgehead atoms. The van der Waals surface area contributed by atoms with Gasteiger partial charge in [0, 0.05) is 11.6 Å². The number of carbonyl (C=O) groups is 1. The molecule has 132 valence electrons. The van der Waals surface area contributed by atoms with Gasteiger partial charge in [0.25, 0.3) is 5.91 Å². The largest absolute Gasteiger partial charge is 0.488 e. The second kappa shape index (κ2) is 7.12. The van der Waals surface area contributed by atoms with Crippen molar-refractivity contribution in [3.8, 4) is 5.75 Å². The highest BCUT2D eigenvalue weighted by molar-refractivity contribution is 5.99. The van der Waals surface area contributed by atoms with Gasteiger partial charge in [0.15, 0.2) is 0 Å². The number of benzene rings is 2. The molecule has 0 heterocycles. The van der Waals surface area contributed by atoms with E-state index in [-0.39, 0.29) is 18.3 Å². The van der Waals surface area contributed by atoms with Gasteiger partial charge in [-0.15, -0.1) is 0 Å². The summed E-state index contributed by atoms with van der Waals surface area (Å²) in [5, 5.41) is 4.30. The lowest BCUT2D eigenvalue weighted by molar-refractivity contribution is 0.0949. The van der Waals surface area contributed by atoms with Crippen molar-refractivity contribution >= 4 is 11.6 Å². The Morgan fingerprint density at radius 3 is 2.81 bits per heavy atom. The Morgan fingerprint density at radius 2 is 2.00 bits per heavy atom. The van der Waals surface area contributed by atoms with Crippen molar-refractivity contribution in [2.24, 2.45) is 16.9 Å². The fourth-order valence-electron chi connectivity index (χ4n) is 3.37. The van der Waals surface area contributed by atoms with Crippen LogP contribution >= 0.6 is 0 Å². The van der Waals surface area contributed by atoms with Crippen LogP contribution in [-0.4, -0.2) is 11.6 Å². The molecule has 4 nitrogen and oxygen atoms in total. The second-order valence-electron chi connectivity index (χ2n) is 6.59. The van der Waals surface area contributed by atoms with Crippen LogP contribution in [0.25, 0.3) is 0 Å². The van der Waals surface area contributed by atoms with E-state index in [1.165, 1.54) is 12.1 Å². The van der Waals surface area contributed by atoms with Crippen LogP contribution in [-0.2, 0) is 6.61 Å². The van der Waals surface area contributed by atoms with Crippen molar-refractivity contribution < 1.29 is 13.9 Å². The summed E-state index contributed by atoms with van der Waals surface area (Å²) in [6.07, 6.45) is 6.34. The molecule has 5 heteroatoms. The molecule has 0 radical (unpaired) electrons. The number of nitrogens with one attached hydrogen (secondary N) is 1. The molecule has 4 rings (SSSR count). The Labute approximate surface area is 151 Å². The van der Waals surface area contributed by atoms with Gasteiger partial charge < -0.3 is 4.74 Å². The number of amides is 1. The number of carbonyl (C=O) groups excluding carboxylic acids is 1. The Bertz CT molecular complexity index is 874. The summed E-state index contributed by atoms with van der Waals surface area (Å²) >= 11 is 0. The molecular formula is C21H19FN2O2. The van der Waals surface area contributed by atoms with Crippen molar-refractivity contribution in [1.82, 2.24) is 5.43 Å². The van der Waals surface area contributed by atoms with Gasteiger partial charge in [-0.1, -0.05) is 36.4 Å². The second-order valence-corrected chi connectivity index (χ2v) is 6.59. The highest BCUT2D eigenvalue weighted by Gasteiger charge is 2.38. The van der Waals surface area contributed by atoms with E-state index in [2.05, 4.69) is 22.7 Å². The topological polar surface area (TPSA) is 50.7 Å². The molecule has 0 aromatic heterocycles. The summed E-state index contributed by atoms with van der Waals surface area (Å²) in [6.45, 7) is 0.258. The summed E-state index contributed by atoms with van der Waals surface area (Å²) in [5.41, 5.74) is 4.96. The standard InChI is InChI=1S/C21H19FN2O2/c22-16-10-8-14(9-11-16)13-26-20-7-2-1-5-18(20)21(25)24-23-19-12-15-4-3-6-17(15)19/h1-5,7-11,15,17H,6,12-13H2,(H,24,25)/b23-19+. The summed E-state index contributed by atoms with van der Waals surface area (Å²) < 4.78 is 18.7. The Hall–Kier alpha value is -2.95. The van der Waals surface area contributed by atoms with E-state index in [9.17, 15) is 9.18 Å². The average molecular weight is 350 g/mol. The van der Waals surface area contributed by atoms with E-state index in [1.54, 1.807) is 30.3 Å². The van der Waals surface area contributed by atoms with Crippen LogP contribution in [0.1, 0.15) is 28.8 Å². The van der Waals surface area contributed by atoms with Gasteiger partial charge in [0.05, 0.1) is 5.56 Å². The van der Waals surface area contributed by atoms with Crippen LogP contribution in [0.5, 0.6) is 5.75 Å². The van der Waals surface area contributed by atoms with Crippen LogP contribution in [0.3, 0.4) is 0 Å². The van der Waals surface area contributed by atoms with E-state index in [4.69, 9.17) is 4.74 Å². The number of halogens is 1. The molecule has 0 spiro atoms. The number of hydrazone groups is 1. The lowest BCUT2D eigenvalue weighted by Gasteiger charge is -2.31. The van der Waals surface area contributed by atoms with Crippen LogP contribution in [0.2, 0.25) is 0 Å². The highest BCUT2D eigenvalue weighted by Crippen LogP contribution is 2.40. The maximum absolute atomic E-state index is 13.0. The molecule has 1 N–H and O–H groups in total. The third-order valence-corrected chi connectivity index (χ3v) is 4.90. The third kappa shape index (κ3) is 3.38. The van der Waals surface area contributed by atoms with E-state index in [0.29, 0.717) is 23.1 Å². The van der Waals surface area contributed by atoms with Gasteiger partial charge in [-0.3, -0.25) is 4.79 Å². The predicted molar refractivity (Wildman–Crippen MR) is 97.4 cm³/mol. The van der Waals surface area contributed by atoms with E-state index < -0.39 is 0 Å². The molecule has 2 aliphatic rings. The zero-order valence-electron chi connectivity index (χ0n) is 14.2. The number of fused-ring (bicyclic) bond motifs is 1. The van der Waals surface area contributed by atoms with Gasteiger partial charge >= 0.3 is 0 Å². The minimum atomic E-state index is -0.290. The minimum absolute atomic E-state index is 0.258. The average Bonchev–Trinajstić information content (AvgIpc) is 3.02. The SMILES string of the molecule is O=C(N/N=C1\CC2C=CCC12)c1ccccc1OCc1ccc(F)cc1. The summed E-state index contributed by atoms with van der Waals surface area (Å²) in [6, 6.07) is 13.1. The third-order valence-electron chi connectivity index (χ3n) is 4.90. The highest BCUT2D eigenvalue weighted by atomic mass is 19.1. The van der Waals surface area contributed by atoms with Crippen molar-refractivity contribution in [1.29, 1.82) is 0 Å². The lowest BCUT2D eigenvalue weighted by Crippen LogP contribution is -2.35. The summed E-state index contributed by atoms with van der Waals surface area (Å²) in [4.78, 5) is 12.5.